The molecule has 5 nitrogen and oxygen atoms in total. The first-order valence-corrected chi connectivity index (χ1v) is 12.2. The average molecular weight is 457 g/mol. The summed E-state index contributed by atoms with van der Waals surface area (Å²) in [6, 6.07) is 14.8. The third kappa shape index (κ3) is 3.61. The van der Waals surface area contributed by atoms with Crippen molar-refractivity contribution in [2.75, 3.05) is 0 Å². The predicted octanol–water partition coefficient (Wildman–Crippen LogP) is 5.32. The summed E-state index contributed by atoms with van der Waals surface area (Å²) in [7, 11) is 0. The number of nitrogens with zero attached hydrogens (tertiary/aromatic N) is 4. The zero-order valence-electron chi connectivity index (χ0n) is 19.4. The van der Waals surface area contributed by atoms with E-state index in [4.69, 9.17) is 4.98 Å². The molecule has 3 heterocycles. The quantitative estimate of drug-likeness (QED) is 0.453. The van der Waals surface area contributed by atoms with Crippen LogP contribution >= 0.6 is 0 Å². The standard InChI is InChI=1S/C28H29FN4O/c1-27(34)12-13-28(17-22-6-2-3-14-30-22)20(16-27)5-4-7-25-24(28)15-19-18-31-33(26(19)32-25)23-10-8-21(29)9-11-23/h2-3,6,8-11,14-15,18,20,34H,4-5,7,12-13,16-17H2,1H3/t20-,27-,28+/m1/s1. The van der Waals surface area contributed by atoms with Gasteiger partial charge in [-0.15, -0.1) is 0 Å². The van der Waals surface area contributed by atoms with Gasteiger partial charge in [0.1, 0.15) is 5.82 Å². The van der Waals surface area contributed by atoms with Crippen LogP contribution in [-0.4, -0.2) is 30.5 Å². The Kier molecular flexibility index (Phi) is 5.03. The summed E-state index contributed by atoms with van der Waals surface area (Å²) in [5.74, 6) is 0.101. The third-order valence-electron chi connectivity index (χ3n) is 8.00. The van der Waals surface area contributed by atoms with E-state index in [1.54, 1.807) is 16.8 Å². The molecule has 0 aliphatic heterocycles. The van der Waals surface area contributed by atoms with Crippen LogP contribution in [0, 0.1) is 11.7 Å². The molecule has 3 atom stereocenters. The zero-order valence-corrected chi connectivity index (χ0v) is 19.4. The molecule has 1 saturated carbocycles. The molecule has 0 radical (unpaired) electrons. The largest absolute Gasteiger partial charge is 0.390 e. The minimum Gasteiger partial charge on any atom is -0.390 e. The minimum absolute atomic E-state index is 0.110. The summed E-state index contributed by atoms with van der Waals surface area (Å²) in [5, 5.41) is 16.6. The average Bonchev–Trinajstić information content (AvgIpc) is 3.18. The molecule has 0 spiro atoms. The molecule has 3 aromatic heterocycles. The predicted molar refractivity (Wildman–Crippen MR) is 129 cm³/mol. The number of benzene rings is 1. The Bertz CT molecular complexity index is 1330. The van der Waals surface area contributed by atoms with Gasteiger partial charge in [0.25, 0.3) is 0 Å². The van der Waals surface area contributed by atoms with E-state index >= 15 is 0 Å². The van der Waals surface area contributed by atoms with Crippen LogP contribution in [0.25, 0.3) is 16.7 Å². The SMILES string of the molecule is C[C@@]1(O)CC[C@@]2(Cc3ccccn3)c3cc4cnn(-c5ccc(F)cc5)c4nc3CCC[C@@H]2C1. The van der Waals surface area contributed by atoms with Crippen molar-refractivity contribution in [3.8, 4) is 5.69 Å². The fourth-order valence-corrected chi connectivity index (χ4v) is 6.32. The molecule has 0 bridgehead atoms. The first-order valence-electron chi connectivity index (χ1n) is 12.2. The molecule has 0 amide bonds. The van der Waals surface area contributed by atoms with E-state index in [-0.39, 0.29) is 11.2 Å². The number of rotatable bonds is 3. The number of hydrogen-bond acceptors (Lipinski definition) is 4. The summed E-state index contributed by atoms with van der Waals surface area (Å²) in [6.07, 6.45) is 10.1. The topological polar surface area (TPSA) is 63.8 Å². The molecule has 174 valence electrons. The number of aliphatic hydroxyl groups is 1. The fourth-order valence-electron chi connectivity index (χ4n) is 6.32. The van der Waals surface area contributed by atoms with Crippen LogP contribution in [0.4, 0.5) is 4.39 Å². The molecule has 6 heteroatoms. The highest BCUT2D eigenvalue weighted by atomic mass is 19.1. The van der Waals surface area contributed by atoms with Gasteiger partial charge in [-0.05, 0) is 106 Å². The van der Waals surface area contributed by atoms with Crippen molar-refractivity contribution in [1.29, 1.82) is 0 Å². The maximum Gasteiger partial charge on any atom is 0.163 e. The van der Waals surface area contributed by atoms with Crippen molar-refractivity contribution in [1.82, 2.24) is 19.7 Å². The molecule has 1 aromatic carbocycles. The van der Waals surface area contributed by atoms with Gasteiger partial charge in [-0.1, -0.05) is 6.07 Å². The maximum atomic E-state index is 13.5. The molecule has 2 aliphatic rings. The molecule has 1 fully saturated rings. The van der Waals surface area contributed by atoms with Crippen molar-refractivity contribution in [2.45, 2.75) is 62.9 Å². The smallest absolute Gasteiger partial charge is 0.163 e. The number of aromatic nitrogens is 4. The molecular formula is C28H29FN4O. The Morgan fingerprint density at radius 2 is 2.00 bits per heavy atom. The first kappa shape index (κ1) is 21.4. The van der Waals surface area contributed by atoms with Gasteiger partial charge in [0.15, 0.2) is 5.65 Å². The number of hydrogen-bond donors (Lipinski definition) is 1. The molecule has 6 rings (SSSR count). The van der Waals surface area contributed by atoms with Gasteiger partial charge in [-0.3, -0.25) is 4.98 Å². The van der Waals surface area contributed by atoms with Crippen LogP contribution in [-0.2, 0) is 18.3 Å². The molecular weight excluding hydrogens is 427 g/mol. The lowest BCUT2D eigenvalue weighted by atomic mass is 9.57. The summed E-state index contributed by atoms with van der Waals surface area (Å²) in [5.41, 5.74) is 4.37. The molecule has 34 heavy (non-hydrogen) atoms. The second-order valence-corrected chi connectivity index (χ2v) is 10.4. The van der Waals surface area contributed by atoms with Crippen LogP contribution < -0.4 is 0 Å². The van der Waals surface area contributed by atoms with Crippen LogP contribution in [0.1, 0.15) is 56.0 Å². The van der Waals surface area contributed by atoms with Crippen LogP contribution in [0.15, 0.2) is 60.9 Å². The van der Waals surface area contributed by atoms with Crippen molar-refractivity contribution in [3.05, 3.63) is 83.7 Å². The summed E-state index contributed by atoms with van der Waals surface area (Å²) >= 11 is 0. The van der Waals surface area contributed by atoms with Gasteiger partial charge >= 0.3 is 0 Å². The Balaban J connectivity index is 1.51. The minimum atomic E-state index is -0.631. The second-order valence-electron chi connectivity index (χ2n) is 10.4. The van der Waals surface area contributed by atoms with Gasteiger partial charge in [0.2, 0.25) is 0 Å². The van der Waals surface area contributed by atoms with Crippen LogP contribution in [0.5, 0.6) is 0 Å². The van der Waals surface area contributed by atoms with E-state index in [2.05, 4.69) is 28.3 Å². The van der Waals surface area contributed by atoms with Crippen molar-refractivity contribution >= 4 is 11.0 Å². The van der Waals surface area contributed by atoms with E-state index in [9.17, 15) is 9.50 Å². The molecule has 0 saturated heterocycles. The van der Waals surface area contributed by atoms with Gasteiger partial charge in [0.05, 0.1) is 17.5 Å². The third-order valence-corrected chi connectivity index (χ3v) is 8.00. The van der Waals surface area contributed by atoms with Crippen LogP contribution in [0.2, 0.25) is 0 Å². The molecule has 0 unspecified atom stereocenters. The lowest BCUT2D eigenvalue weighted by Gasteiger charge is -2.49. The van der Waals surface area contributed by atoms with Crippen LogP contribution in [0.3, 0.4) is 0 Å². The monoisotopic (exact) mass is 456 g/mol. The first-order chi connectivity index (χ1) is 16.4. The summed E-state index contributed by atoms with van der Waals surface area (Å²) in [6.45, 7) is 1.98. The van der Waals surface area contributed by atoms with E-state index in [1.165, 1.54) is 17.7 Å². The molecule has 4 aromatic rings. The molecule has 2 aliphatic carbocycles. The molecule has 1 N–H and O–H groups in total. The number of fused-ring (bicyclic) bond motifs is 4. The van der Waals surface area contributed by atoms with Gasteiger partial charge in [-0.2, -0.15) is 5.10 Å². The lowest BCUT2D eigenvalue weighted by molar-refractivity contribution is -0.0332. The van der Waals surface area contributed by atoms with Crippen molar-refractivity contribution in [3.63, 3.8) is 0 Å². The van der Waals surface area contributed by atoms with E-state index in [0.29, 0.717) is 5.92 Å². The maximum absolute atomic E-state index is 13.5. The fraction of sp³-hybridized carbons (Fsp3) is 0.393. The van der Waals surface area contributed by atoms with Gasteiger partial charge in [0, 0.05) is 28.4 Å². The highest BCUT2D eigenvalue weighted by molar-refractivity contribution is 5.78. The summed E-state index contributed by atoms with van der Waals surface area (Å²) in [4.78, 5) is 9.85. The highest BCUT2D eigenvalue weighted by Gasteiger charge is 2.50. The van der Waals surface area contributed by atoms with Gasteiger partial charge in [-0.25, -0.2) is 14.1 Å². The lowest BCUT2D eigenvalue weighted by Crippen LogP contribution is -2.48. The number of aryl methyl sites for hydroxylation is 1. The Labute approximate surface area is 198 Å². The summed E-state index contributed by atoms with van der Waals surface area (Å²) < 4.78 is 15.3. The highest BCUT2D eigenvalue weighted by Crippen LogP contribution is 2.53. The Morgan fingerprint density at radius 1 is 1.15 bits per heavy atom. The van der Waals surface area contributed by atoms with E-state index < -0.39 is 5.60 Å². The van der Waals surface area contributed by atoms with Gasteiger partial charge < -0.3 is 5.11 Å². The van der Waals surface area contributed by atoms with E-state index in [0.717, 1.165) is 73.1 Å². The Hall–Kier alpha value is -3.12. The van der Waals surface area contributed by atoms with Crippen molar-refractivity contribution in [2.24, 2.45) is 5.92 Å². The number of halogens is 1. The Morgan fingerprint density at radius 3 is 2.79 bits per heavy atom. The number of pyridine rings is 2. The van der Waals surface area contributed by atoms with Crippen molar-refractivity contribution < 1.29 is 9.50 Å². The normalized spacial score (nSPS) is 26.6. The zero-order chi connectivity index (χ0) is 23.3. The second kappa shape index (κ2) is 7.98. The van der Waals surface area contributed by atoms with E-state index in [1.807, 2.05) is 25.4 Å².